The number of hydrogen-bond acceptors (Lipinski definition) is 4. The molecule has 0 saturated heterocycles. The van der Waals surface area contributed by atoms with Crippen LogP contribution >= 0.6 is 0 Å². The maximum absolute atomic E-state index is 5.67. The first-order chi connectivity index (χ1) is 9.35. The minimum absolute atomic E-state index is 0.0588. The van der Waals surface area contributed by atoms with E-state index in [1.807, 2.05) is 36.8 Å². The van der Waals surface area contributed by atoms with Crippen LogP contribution in [-0.2, 0) is 13.0 Å². The molecule has 2 rings (SSSR count). The third kappa shape index (κ3) is 3.62. The topological polar surface area (TPSA) is 68.8 Å². The number of nitrogens with zero attached hydrogens (tertiary/aromatic N) is 3. The van der Waals surface area contributed by atoms with Crippen molar-refractivity contribution in [3.63, 3.8) is 0 Å². The van der Waals surface area contributed by atoms with Crippen molar-refractivity contribution in [3.8, 4) is 0 Å². The molecule has 3 N–H and O–H groups in total. The summed E-state index contributed by atoms with van der Waals surface area (Å²) in [7, 11) is 0. The quantitative estimate of drug-likeness (QED) is 0.588. The third-order valence-electron chi connectivity index (χ3n) is 3.14. The van der Waals surface area contributed by atoms with Gasteiger partial charge < -0.3 is 4.57 Å². The molecular weight excluding hydrogens is 238 g/mol. The largest absolute Gasteiger partial charge is 0.334 e. The van der Waals surface area contributed by atoms with Crippen molar-refractivity contribution in [2.24, 2.45) is 5.84 Å². The lowest BCUT2D eigenvalue weighted by atomic mass is 10.1. The van der Waals surface area contributed by atoms with Gasteiger partial charge in [-0.05, 0) is 31.4 Å². The molecule has 0 aliphatic rings. The van der Waals surface area contributed by atoms with Gasteiger partial charge in [0.15, 0.2) is 0 Å². The van der Waals surface area contributed by atoms with Gasteiger partial charge in [0.1, 0.15) is 5.82 Å². The number of aryl methyl sites for hydroxylation is 2. The highest BCUT2D eigenvalue weighted by atomic mass is 15.3. The van der Waals surface area contributed by atoms with Crippen LogP contribution in [0, 0.1) is 0 Å². The van der Waals surface area contributed by atoms with Crippen molar-refractivity contribution < 1.29 is 0 Å². The number of imidazole rings is 1. The van der Waals surface area contributed by atoms with E-state index in [1.54, 1.807) is 0 Å². The lowest BCUT2D eigenvalue weighted by molar-refractivity contribution is 0.462. The Balaban J connectivity index is 2.01. The molecule has 5 nitrogen and oxygen atoms in total. The molecule has 0 amide bonds. The van der Waals surface area contributed by atoms with Gasteiger partial charge in [0, 0.05) is 30.8 Å². The highest BCUT2D eigenvalue weighted by Crippen LogP contribution is 2.16. The molecule has 2 aromatic heterocycles. The van der Waals surface area contributed by atoms with Crippen LogP contribution < -0.4 is 11.3 Å². The number of nitrogens with one attached hydrogen (secondary N) is 1. The second-order valence-corrected chi connectivity index (χ2v) is 4.56. The van der Waals surface area contributed by atoms with Gasteiger partial charge in [-0.1, -0.05) is 13.0 Å². The second kappa shape index (κ2) is 7.01. The maximum Gasteiger partial charge on any atom is 0.127 e. The molecule has 0 aliphatic heterocycles. The summed E-state index contributed by atoms with van der Waals surface area (Å²) in [6.45, 7) is 3.12. The van der Waals surface area contributed by atoms with E-state index in [4.69, 9.17) is 5.84 Å². The molecular formula is C14H21N5. The second-order valence-electron chi connectivity index (χ2n) is 4.56. The predicted octanol–water partition coefficient (Wildman–Crippen LogP) is 1.83. The Hall–Kier alpha value is -1.72. The van der Waals surface area contributed by atoms with E-state index >= 15 is 0 Å². The monoisotopic (exact) mass is 259 g/mol. The standard InChI is InChI=1S/C14H21N5/c1-2-10-19-11-9-17-14(19)13(18-15)7-6-12-5-3-4-8-16-12/h3-5,8-9,11,13,18H,2,6-7,10,15H2,1H3. The Morgan fingerprint density at radius 1 is 1.32 bits per heavy atom. The zero-order chi connectivity index (χ0) is 13.5. The van der Waals surface area contributed by atoms with Crippen molar-refractivity contribution in [2.75, 3.05) is 0 Å². The SMILES string of the molecule is CCCn1ccnc1C(CCc1ccccn1)NN. The summed E-state index contributed by atoms with van der Waals surface area (Å²) in [5, 5.41) is 0. The van der Waals surface area contributed by atoms with Crippen LogP contribution in [0.4, 0.5) is 0 Å². The summed E-state index contributed by atoms with van der Waals surface area (Å²) in [6, 6.07) is 6.02. The highest BCUT2D eigenvalue weighted by Gasteiger charge is 2.15. The molecule has 2 heterocycles. The molecule has 1 unspecified atom stereocenters. The van der Waals surface area contributed by atoms with Crippen LogP contribution in [-0.4, -0.2) is 14.5 Å². The number of hydrogen-bond donors (Lipinski definition) is 2. The van der Waals surface area contributed by atoms with E-state index in [1.165, 1.54) is 0 Å². The van der Waals surface area contributed by atoms with Gasteiger partial charge in [0.05, 0.1) is 6.04 Å². The van der Waals surface area contributed by atoms with Gasteiger partial charge in [0.25, 0.3) is 0 Å². The molecule has 102 valence electrons. The Bertz CT molecular complexity index is 480. The summed E-state index contributed by atoms with van der Waals surface area (Å²) >= 11 is 0. The normalized spacial score (nSPS) is 12.5. The Morgan fingerprint density at radius 2 is 2.21 bits per heavy atom. The van der Waals surface area contributed by atoms with Gasteiger partial charge in [-0.25, -0.2) is 10.4 Å². The first-order valence-electron chi connectivity index (χ1n) is 6.72. The van der Waals surface area contributed by atoms with Gasteiger partial charge in [0.2, 0.25) is 0 Å². The summed E-state index contributed by atoms with van der Waals surface area (Å²) in [5.41, 5.74) is 3.94. The smallest absolute Gasteiger partial charge is 0.127 e. The van der Waals surface area contributed by atoms with Crippen LogP contribution in [0.25, 0.3) is 0 Å². The fourth-order valence-electron chi connectivity index (χ4n) is 2.19. The fourth-order valence-corrected chi connectivity index (χ4v) is 2.19. The molecule has 5 heteroatoms. The zero-order valence-corrected chi connectivity index (χ0v) is 11.3. The molecule has 0 bridgehead atoms. The van der Waals surface area contributed by atoms with Crippen molar-refractivity contribution in [1.29, 1.82) is 0 Å². The van der Waals surface area contributed by atoms with Gasteiger partial charge in [-0.2, -0.15) is 0 Å². The lowest BCUT2D eigenvalue weighted by Crippen LogP contribution is -2.30. The summed E-state index contributed by atoms with van der Waals surface area (Å²) in [5.74, 6) is 6.67. The van der Waals surface area contributed by atoms with E-state index in [2.05, 4.69) is 26.9 Å². The van der Waals surface area contributed by atoms with Crippen LogP contribution in [0.3, 0.4) is 0 Å². The fraction of sp³-hybridized carbons (Fsp3) is 0.429. The number of hydrazine groups is 1. The van der Waals surface area contributed by atoms with E-state index in [9.17, 15) is 0 Å². The lowest BCUT2D eigenvalue weighted by Gasteiger charge is -2.17. The molecule has 0 spiro atoms. The van der Waals surface area contributed by atoms with Crippen molar-refractivity contribution in [2.45, 2.75) is 38.8 Å². The molecule has 0 aliphatic carbocycles. The number of aromatic nitrogens is 3. The van der Waals surface area contributed by atoms with E-state index in [0.717, 1.165) is 37.3 Å². The molecule has 0 fully saturated rings. The number of pyridine rings is 1. The zero-order valence-electron chi connectivity index (χ0n) is 11.3. The van der Waals surface area contributed by atoms with Crippen molar-refractivity contribution in [1.82, 2.24) is 20.0 Å². The van der Waals surface area contributed by atoms with Crippen LogP contribution in [0.15, 0.2) is 36.8 Å². The first kappa shape index (κ1) is 13.7. The van der Waals surface area contributed by atoms with E-state index in [0.29, 0.717) is 0 Å². The molecule has 0 radical (unpaired) electrons. The average Bonchev–Trinajstić information content (AvgIpc) is 2.90. The molecule has 2 aromatic rings. The molecule has 0 saturated carbocycles. The molecule has 19 heavy (non-hydrogen) atoms. The van der Waals surface area contributed by atoms with Crippen molar-refractivity contribution >= 4 is 0 Å². The Morgan fingerprint density at radius 3 is 2.89 bits per heavy atom. The van der Waals surface area contributed by atoms with Crippen LogP contribution in [0.5, 0.6) is 0 Å². The number of rotatable bonds is 7. The highest BCUT2D eigenvalue weighted by molar-refractivity contribution is 5.06. The molecule has 1 atom stereocenters. The van der Waals surface area contributed by atoms with Crippen molar-refractivity contribution in [3.05, 3.63) is 48.3 Å². The van der Waals surface area contributed by atoms with Gasteiger partial charge >= 0.3 is 0 Å². The average molecular weight is 259 g/mol. The van der Waals surface area contributed by atoms with E-state index in [-0.39, 0.29) is 6.04 Å². The molecule has 0 aromatic carbocycles. The van der Waals surface area contributed by atoms with Crippen LogP contribution in [0.2, 0.25) is 0 Å². The van der Waals surface area contributed by atoms with Gasteiger partial charge in [-0.3, -0.25) is 10.8 Å². The van der Waals surface area contributed by atoms with Crippen LogP contribution in [0.1, 0.15) is 37.3 Å². The summed E-state index contributed by atoms with van der Waals surface area (Å²) in [4.78, 5) is 8.75. The Labute approximate surface area is 113 Å². The summed E-state index contributed by atoms with van der Waals surface area (Å²) in [6.07, 6.45) is 8.50. The predicted molar refractivity (Wildman–Crippen MR) is 75.1 cm³/mol. The van der Waals surface area contributed by atoms with E-state index < -0.39 is 0 Å². The Kier molecular flexibility index (Phi) is 5.06. The number of nitrogens with two attached hydrogens (primary N) is 1. The minimum Gasteiger partial charge on any atom is -0.334 e. The first-order valence-corrected chi connectivity index (χ1v) is 6.72. The summed E-state index contributed by atoms with van der Waals surface area (Å²) < 4.78 is 2.16. The minimum atomic E-state index is 0.0588. The third-order valence-corrected chi connectivity index (χ3v) is 3.14. The maximum atomic E-state index is 5.67. The van der Waals surface area contributed by atoms with Gasteiger partial charge in [-0.15, -0.1) is 0 Å².